The Morgan fingerprint density at radius 2 is 1.35 bits per heavy atom. The Morgan fingerprint density at radius 3 is 1.88 bits per heavy atom. The molecule has 0 aliphatic heterocycles. The molecule has 6 heteroatoms. The van der Waals surface area contributed by atoms with Gasteiger partial charge in [0.1, 0.15) is 0 Å². The Kier molecular flexibility index (Phi) is 12.2. The van der Waals surface area contributed by atoms with Gasteiger partial charge < -0.3 is 14.2 Å². The highest BCUT2D eigenvalue weighted by atomic mass is 35.7. The summed E-state index contributed by atoms with van der Waals surface area (Å²) in [5.74, 6) is 0. The lowest BCUT2D eigenvalue weighted by atomic mass is 10.5. The van der Waals surface area contributed by atoms with Crippen LogP contribution < -0.4 is 0 Å². The highest BCUT2D eigenvalue weighted by Gasteiger charge is 2.24. The van der Waals surface area contributed by atoms with E-state index in [0.717, 1.165) is 25.1 Å². The molecule has 0 atom stereocenters. The molecule has 0 aliphatic rings. The van der Waals surface area contributed by atoms with Gasteiger partial charge in [-0.25, -0.2) is 0 Å². The third kappa shape index (κ3) is 12.9. The van der Waals surface area contributed by atoms with Gasteiger partial charge in [0.05, 0.1) is 26.4 Å². The van der Waals surface area contributed by atoms with Crippen molar-refractivity contribution in [3.63, 3.8) is 0 Å². The van der Waals surface area contributed by atoms with E-state index in [4.69, 9.17) is 36.4 Å². The monoisotopic (exact) mass is 302 g/mol. The second kappa shape index (κ2) is 11.7. The first kappa shape index (κ1) is 17.7. The number of halogens is 2. The first-order chi connectivity index (χ1) is 8.12. The molecule has 0 aromatic heterocycles. The van der Waals surface area contributed by atoms with Gasteiger partial charge in [0, 0.05) is 13.2 Å². The first-order valence-electron chi connectivity index (χ1n) is 6.23. The molecule has 0 aromatic carbocycles. The predicted octanol–water partition coefficient (Wildman–Crippen LogP) is 3.39. The van der Waals surface area contributed by atoms with Gasteiger partial charge in [0.25, 0.3) is 6.69 Å². The zero-order valence-corrected chi connectivity index (χ0v) is 13.4. The van der Waals surface area contributed by atoms with Crippen LogP contribution in [0.15, 0.2) is 0 Å². The lowest BCUT2D eigenvalue weighted by Crippen LogP contribution is -2.17. The van der Waals surface area contributed by atoms with Gasteiger partial charge >= 0.3 is 0 Å². The van der Waals surface area contributed by atoms with Gasteiger partial charge in [-0.15, -0.1) is 22.2 Å². The molecule has 0 N–H and O–H groups in total. The smallest absolute Gasteiger partial charge is 0.251 e. The number of hydrogen-bond acceptors (Lipinski definition) is 3. The fourth-order valence-electron chi connectivity index (χ4n) is 1.19. The summed E-state index contributed by atoms with van der Waals surface area (Å²) in [7, 11) is 0. The molecule has 0 unspecified atom stereocenters. The summed E-state index contributed by atoms with van der Waals surface area (Å²) in [6, 6.07) is 1.80. The lowest BCUT2D eigenvalue weighted by Gasteiger charge is -2.13. The molecule has 0 fully saturated rings. The molecule has 3 nitrogen and oxygen atoms in total. The minimum Gasteiger partial charge on any atom is -0.379 e. The molecule has 17 heavy (non-hydrogen) atoms. The van der Waals surface area contributed by atoms with Gasteiger partial charge in [0.2, 0.25) is 0 Å². The van der Waals surface area contributed by atoms with Crippen molar-refractivity contribution in [3.05, 3.63) is 0 Å². The van der Waals surface area contributed by atoms with E-state index in [1.54, 1.807) is 0 Å². The normalized spacial score (nSPS) is 12.0. The van der Waals surface area contributed by atoms with Crippen LogP contribution in [0.1, 0.15) is 20.3 Å². The Morgan fingerprint density at radius 1 is 0.824 bits per heavy atom. The van der Waals surface area contributed by atoms with E-state index in [1.165, 1.54) is 0 Å². The van der Waals surface area contributed by atoms with Crippen LogP contribution in [0.3, 0.4) is 0 Å². The molecule has 0 aliphatic carbocycles. The summed E-state index contributed by atoms with van der Waals surface area (Å²) in [6.07, 6.45) is 0.937. The van der Waals surface area contributed by atoms with Gasteiger partial charge in [-0.1, -0.05) is 6.92 Å². The fourth-order valence-corrected chi connectivity index (χ4v) is 3.01. The van der Waals surface area contributed by atoms with Crippen LogP contribution in [0.4, 0.5) is 0 Å². The predicted molar refractivity (Wildman–Crippen MR) is 75.5 cm³/mol. The average molecular weight is 303 g/mol. The van der Waals surface area contributed by atoms with Gasteiger partial charge in [0.15, 0.2) is 0 Å². The average Bonchev–Trinajstić information content (AvgIpc) is 2.31. The Labute approximate surface area is 115 Å². The molecule has 0 amide bonds. The maximum Gasteiger partial charge on any atom is 0.251 e. The van der Waals surface area contributed by atoms with Gasteiger partial charge in [-0.2, -0.15) is 0 Å². The van der Waals surface area contributed by atoms with E-state index < -0.39 is 6.69 Å². The third-order valence-corrected chi connectivity index (χ3v) is 7.15. The summed E-state index contributed by atoms with van der Waals surface area (Å²) in [6.45, 7) is 6.03. The summed E-state index contributed by atoms with van der Waals surface area (Å²) < 4.78 is 15.9. The maximum atomic E-state index is 6.14. The van der Waals surface area contributed by atoms with Crippen LogP contribution in [0.25, 0.3) is 0 Å². The molecular formula is C11H24Cl2O3Si. The minimum atomic E-state index is -1.95. The molecule has 0 spiro atoms. The second-order valence-electron chi connectivity index (χ2n) is 3.73. The highest BCUT2D eigenvalue weighted by Crippen LogP contribution is 2.26. The third-order valence-electron chi connectivity index (χ3n) is 2.30. The van der Waals surface area contributed by atoms with Crippen molar-refractivity contribution in [2.24, 2.45) is 0 Å². The Hall–Kier alpha value is 0.677. The van der Waals surface area contributed by atoms with E-state index in [0.29, 0.717) is 33.0 Å². The molecule has 104 valence electrons. The standard InChI is InChI=1S/C11H24Cl2O3Si/c1-3-14-7-8-16-10-9-15-6-5-11-17(12,13)4-2/h3-11H2,1-2H3. The van der Waals surface area contributed by atoms with Crippen molar-refractivity contribution in [3.8, 4) is 0 Å². The number of hydrogen-bond donors (Lipinski definition) is 0. The molecule has 0 rings (SSSR count). The summed E-state index contributed by atoms with van der Waals surface area (Å²) in [5, 5.41) is 0. The molecule has 0 aromatic rings. The summed E-state index contributed by atoms with van der Waals surface area (Å²) in [4.78, 5) is 0. The maximum absolute atomic E-state index is 6.14. The largest absolute Gasteiger partial charge is 0.379 e. The van der Waals surface area contributed by atoms with Crippen LogP contribution in [0.5, 0.6) is 0 Å². The van der Waals surface area contributed by atoms with Crippen molar-refractivity contribution in [1.29, 1.82) is 0 Å². The minimum absolute atomic E-state index is 0.616. The van der Waals surface area contributed by atoms with Crippen LogP contribution in [0.2, 0.25) is 12.1 Å². The number of rotatable bonds is 12. The van der Waals surface area contributed by atoms with E-state index in [9.17, 15) is 0 Å². The van der Waals surface area contributed by atoms with E-state index in [1.807, 2.05) is 13.8 Å². The number of ether oxygens (including phenoxy) is 3. The molecular weight excluding hydrogens is 279 g/mol. The van der Waals surface area contributed by atoms with Crippen molar-refractivity contribution in [2.75, 3.05) is 39.6 Å². The zero-order valence-electron chi connectivity index (χ0n) is 10.8. The Bertz CT molecular complexity index is 171. The van der Waals surface area contributed by atoms with E-state index in [2.05, 4.69) is 0 Å². The van der Waals surface area contributed by atoms with Crippen LogP contribution in [-0.2, 0) is 14.2 Å². The van der Waals surface area contributed by atoms with Crippen molar-refractivity contribution in [1.82, 2.24) is 0 Å². The van der Waals surface area contributed by atoms with Crippen LogP contribution in [0, 0.1) is 0 Å². The van der Waals surface area contributed by atoms with Crippen molar-refractivity contribution >= 4 is 28.9 Å². The molecule has 0 bridgehead atoms. The van der Waals surface area contributed by atoms with Crippen molar-refractivity contribution in [2.45, 2.75) is 32.4 Å². The SMILES string of the molecule is CCOCCOCCOCCC[Si](Cl)(Cl)CC. The second-order valence-corrected chi connectivity index (χ2v) is 11.6. The Balaban J connectivity index is 3.09. The lowest BCUT2D eigenvalue weighted by molar-refractivity contribution is 0.0171. The van der Waals surface area contributed by atoms with Crippen molar-refractivity contribution < 1.29 is 14.2 Å². The summed E-state index contributed by atoms with van der Waals surface area (Å²) in [5.41, 5.74) is 0. The first-order valence-corrected chi connectivity index (χ1v) is 10.7. The topological polar surface area (TPSA) is 27.7 Å². The van der Waals surface area contributed by atoms with Gasteiger partial charge in [-0.3, -0.25) is 0 Å². The van der Waals surface area contributed by atoms with Crippen LogP contribution in [-0.4, -0.2) is 46.3 Å². The quantitative estimate of drug-likeness (QED) is 0.314. The van der Waals surface area contributed by atoms with Gasteiger partial charge in [-0.05, 0) is 25.4 Å². The summed E-state index contributed by atoms with van der Waals surface area (Å²) >= 11 is 12.3. The van der Waals surface area contributed by atoms with Crippen LogP contribution >= 0.6 is 22.2 Å². The highest BCUT2D eigenvalue weighted by molar-refractivity contribution is 7.45. The fraction of sp³-hybridized carbons (Fsp3) is 1.00. The van der Waals surface area contributed by atoms with E-state index >= 15 is 0 Å². The molecule has 0 radical (unpaired) electrons. The molecule has 0 saturated carbocycles. The molecule has 0 heterocycles. The zero-order chi connectivity index (χ0) is 13.0. The molecule has 0 saturated heterocycles. The van der Waals surface area contributed by atoms with E-state index in [-0.39, 0.29) is 0 Å².